The van der Waals surface area contributed by atoms with Gasteiger partial charge in [0.05, 0.1) is 0 Å². The molecular weight excluding hydrogens is 607 g/mol. The van der Waals surface area contributed by atoms with Gasteiger partial charge < -0.3 is 9.32 Å². The summed E-state index contributed by atoms with van der Waals surface area (Å²) in [4.78, 5) is 2.46. The van der Waals surface area contributed by atoms with E-state index < -0.39 is 0 Å². The maximum Gasteiger partial charge on any atom is 0.135 e. The fraction of sp³-hybridized carbons (Fsp3) is 0.250. The summed E-state index contributed by atoms with van der Waals surface area (Å²) in [6, 6.07) is 41.4. The van der Waals surface area contributed by atoms with Crippen LogP contribution in [0.1, 0.15) is 87.4 Å². The van der Waals surface area contributed by atoms with Gasteiger partial charge in [0.15, 0.2) is 0 Å². The van der Waals surface area contributed by atoms with Crippen LogP contribution in [0.25, 0.3) is 44.2 Å². The van der Waals surface area contributed by atoms with E-state index in [2.05, 4.69) is 176 Å². The summed E-state index contributed by atoms with van der Waals surface area (Å²) in [5, 5.41) is 2.34. The lowest BCUT2D eigenvalue weighted by atomic mass is 9.79. The fourth-order valence-corrected chi connectivity index (χ4v) is 9.02. The maximum atomic E-state index is 6.42. The molecule has 0 atom stereocenters. The molecule has 0 spiro atoms. The van der Waals surface area contributed by atoms with Crippen molar-refractivity contribution in [2.75, 3.05) is 4.90 Å². The topological polar surface area (TPSA) is 16.4 Å². The number of furan rings is 1. The van der Waals surface area contributed by atoms with Gasteiger partial charge in [0.25, 0.3) is 0 Å². The number of nitrogens with zero attached hydrogens (tertiary/aromatic N) is 1. The molecule has 0 aliphatic heterocycles. The van der Waals surface area contributed by atoms with Gasteiger partial charge in [0, 0.05) is 38.7 Å². The first-order valence-corrected chi connectivity index (χ1v) is 18.0. The first-order valence-electron chi connectivity index (χ1n) is 18.0. The van der Waals surface area contributed by atoms with E-state index in [1.165, 1.54) is 66.6 Å². The Balaban J connectivity index is 1.26. The van der Waals surface area contributed by atoms with Crippen LogP contribution in [0.5, 0.6) is 0 Å². The van der Waals surface area contributed by atoms with Crippen molar-refractivity contribution < 1.29 is 4.42 Å². The van der Waals surface area contributed by atoms with Crippen molar-refractivity contribution in [1.82, 2.24) is 0 Å². The van der Waals surface area contributed by atoms with E-state index in [-0.39, 0.29) is 16.2 Å². The first-order chi connectivity index (χ1) is 23.7. The van der Waals surface area contributed by atoms with Crippen LogP contribution in [-0.4, -0.2) is 0 Å². The van der Waals surface area contributed by atoms with Crippen LogP contribution in [0.4, 0.5) is 17.1 Å². The summed E-state index contributed by atoms with van der Waals surface area (Å²) in [5.41, 5.74) is 19.9. The third kappa shape index (κ3) is 4.33. The SMILES string of the molecule is Cc1cc(C)c2c(c1)oc1ccc(N(c3ccc4c(c3)C(C)(C)c3ccccc3-4)c3ccc4c(c3)C(C)(C)c3cc(C(C)(C)C)ccc3-4)cc12. The molecule has 0 fully saturated rings. The zero-order chi connectivity index (χ0) is 34.9. The van der Waals surface area contributed by atoms with Gasteiger partial charge in [0.2, 0.25) is 0 Å². The van der Waals surface area contributed by atoms with Gasteiger partial charge in [-0.1, -0.05) is 109 Å². The zero-order valence-electron chi connectivity index (χ0n) is 30.7. The highest BCUT2D eigenvalue weighted by molar-refractivity contribution is 6.08. The Morgan fingerprint density at radius 1 is 0.520 bits per heavy atom. The van der Waals surface area contributed by atoms with Gasteiger partial charge in [-0.05, 0) is 129 Å². The quantitative estimate of drug-likeness (QED) is 0.189. The molecule has 2 aliphatic rings. The Hall–Kier alpha value is -5.08. The van der Waals surface area contributed by atoms with Gasteiger partial charge in [-0.15, -0.1) is 0 Å². The lowest BCUT2D eigenvalue weighted by Gasteiger charge is -2.30. The minimum atomic E-state index is -0.130. The number of anilines is 3. The number of rotatable bonds is 3. The summed E-state index contributed by atoms with van der Waals surface area (Å²) >= 11 is 0. The molecule has 0 unspecified atom stereocenters. The second kappa shape index (κ2) is 10.2. The summed E-state index contributed by atoms with van der Waals surface area (Å²) in [7, 11) is 0. The van der Waals surface area contributed by atoms with Crippen molar-refractivity contribution in [2.45, 2.75) is 78.6 Å². The standard InChI is InChI=1S/C48H45NO/c1-28-22-29(2)45-38-25-31(17-21-43(38)50-44(45)23-28)49(32-15-19-36-34-12-10-11-13-39(34)47(6,7)41(36)26-32)33-16-20-37-35-18-14-30(46(3,4)5)24-40(35)48(8,9)42(37)27-33/h10-27H,1-9H3. The minimum absolute atomic E-state index is 0.0931. The largest absolute Gasteiger partial charge is 0.456 e. The van der Waals surface area contributed by atoms with Crippen LogP contribution in [0.15, 0.2) is 114 Å². The molecule has 0 bridgehead atoms. The van der Waals surface area contributed by atoms with Crippen LogP contribution >= 0.6 is 0 Å². The predicted octanol–water partition coefficient (Wildman–Crippen LogP) is 13.6. The zero-order valence-corrected chi connectivity index (χ0v) is 30.7. The monoisotopic (exact) mass is 651 g/mol. The molecule has 0 amide bonds. The predicted molar refractivity (Wildman–Crippen MR) is 212 cm³/mol. The van der Waals surface area contributed by atoms with Gasteiger partial charge in [0.1, 0.15) is 11.2 Å². The third-order valence-electron chi connectivity index (χ3n) is 11.8. The highest BCUT2D eigenvalue weighted by atomic mass is 16.3. The molecule has 6 aromatic carbocycles. The average Bonchev–Trinajstić information content (AvgIpc) is 3.63. The van der Waals surface area contributed by atoms with Crippen LogP contribution < -0.4 is 4.90 Å². The van der Waals surface area contributed by atoms with Crippen LogP contribution in [0, 0.1) is 13.8 Å². The normalized spacial score (nSPS) is 15.2. The van der Waals surface area contributed by atoms with E-state index >= 15 is 0 Å². The molecule has 2 nitrogen and oxygen atoms in total. The third-order valence-corrected chi connectivity index (χ3v) is 11.8. The lowest BCUT2D eigenvalue weighted by Crippen LogP contribution is -2.19. The summed E-state index contributed by atoms with van der Waals surface area (Å²) in [6.45, 7) is 20.8. The molecule has 0 saturated heterocycles. The molecular formula is C48H45NO. The second-order valence-electron chi connectivity index (χ2n) is 16.8. The smallest absolute Gasteiger partial charge is 0.135 e. The average molecular weight is 652 g/mol. The molecule has 50 heavy (non-hydrogen) atoms. The Kier molecular flexibility index (Phi) is 6.33. The van der Waals surface area contributed by atoms with E-state index in [1.54, 1.807) is 0 Å². The Morgan fingerprint density at radius 3 is 1.72 bits per heavy atom. The van der Waals surface area contributed by atoms with Crippen molar-refractivity contribution >= 4 is 39.0 Å². The Morgan fingerprint density at radius 2 is 1.06 bits per heavy atom. The summed E-state index contributed by atoms with van der Waals surface area (Å²) in [6.07, 6.45) is 0. The number of benzene rings is 6. The molecule has 1 heterocycles. The highest BCUT2D eigenvalue weighted by Gasteiger charge is 2.38. The fourth-order valence-electron chi connectivity index (χ4n) is 9.02. The van der Waals surface area contributed by atoms with E-state index in [0.29, 0.717) is 0 Å². The van der Waals surface area contributed by atoms with Crippen molar-refractivity contribution in [3.63, 3.8) is 0 Å². The van der Waals surface area contributed by atoms with Gasteiger partial charge in [-0.2, -0.15) is 0 Å². The Labute approximate surface area is 296 Å². The van der Waals surface area contributed by atoms with Gasteiger partial charge >= 0.3 is 0 Å². The highest BCUT2D eigenvalue weighted by Crippen LogP contribution is 2.54. The van der Waals surface area contributed by atoms with Crippen molar-refractivity contribution in [1.29, 1.82) is 0 Å². The minimum Gasteiger partial charge on any atom is -0.456 e. The van der Waals surface area contributed by atoms with E-state index in [1.807, 2.05) is 0 Å². The molecule has 0 radical (unpaired) electrons. The van der Waals surface area contributed by atoms with Crippen molar-refractivity contribution in [3.8, 4) is 22.3 Å². The van der Waals surface area contributed by atoms with Crippen LogP contribution in [0.2, 0.25) is 0 Å². The van der Waals surface area contributed by atoms with Gasteiger partial charge in [-0.3, -0.25) is 0 Å². The van der Waals surface area contributed by atoms with Crippen LogP contribution in [0.3, 0.4) is 0 Å². The molecule has 248 valence electrons. The molecule has 0 saturated carbocycles. The van der Waals surface area contributed by atoms with E-state index in [4.69, 9.17) is 4.42 Å². The molecule has 0 N–H and O–H groups in total. The number of aryl methyl sites for hydroxylation is 2. The van der Waals surface area contributed by atoms with Crippen LogP contribution in [-0.2, 0) is 16.2 Å². The first kappa shape index (κ1) is 30.9. The molecule has 2 aliphatic carbocycles. The summed E-state index contributed by atoms with van der Waals surface area (Å²) < 4.78 is 6.42. The van der Waals surface area contributed by atoms with E-state index in [9.17, 15) is 0 Å². The number of hydrogen-bond acceptors (Lipinski definition) is 2. The van der Waals surface area contributed by atoms with Gasteiger partial charge in [-0.25, -0.2) is 0 Å². The van der Waals surface area contributed by atoms with Crippen molar-refractivity contribution in [2.24, 2.45) is 0 Å². The Bertz CT molecular complexity index is 2550. The van der Waals surface area contributed by atoms with E-state index in [0.717, 1.165) is 33.6 Å². The number of fused-ring (bicyclic) bond motifs is 9. The lowest BCUT2D eigenvalue weighted by molar-refractivity contribution is 0.584. The molecule has 1 aromatic heterocycles. The second-order valence-corrected chi connectivity index (χ2v) is 16.8. The molecule has 7 aromatic rings. The summed E-state index contributed by atoms with van der Waals surface area (Å²) in [5.74, 6) is 0. The maximum absolute atomic E-state index is 6.42. The molecule has 9 rings (SSSR count). The number of hydrogen-bond donors (Lipinski definition) is 0. The molecule has 2 heteroatoms. The van der Waals surface area contributed by atoms with Crippen molar-refractivity contribution in [3.05, 3.63) is 148 Å².